The van der Waals surface area contributed by atoms with Crippen molar-refractivity contribution < 1.29 is 9.72 Å². The third-order valence-corrected chi connectivity index (χ3v) is 4.65. The molecule has 0 fully saturated rings. The van der Waals surface area contributed by atoms with Gasteiger partial charge in [-0.1, -0.05) is 60.1 Å². The lowest BCUT2D eigenvalue weighted by Crippen LogP contribution is -2.10. The number of ketones is 1. The van der Waals surface area contributed by atoms with Crippen LogP contribution in [0.4, 0.5) is 5.69 Å². The lowest BCUT2D eigenvalue weighted by atomic mass is 9.98. The van der Waals surface area contributed by atoms with Gasteiger partial charge < -0.3 is 4.90 Å². The molecule has 3 rings (SSSR count). The Morgan fingerprint density at radius 1 is 0.964 bits per heavy atom. The summed E-state index contributed by atoms with van der Waals surface area (Å²) in [7, 11) is 4.06. The van der Waals surface area contributed by atoms with E-state index in [4.69, 9.17) is 11.6 Å². The van der Waals surface area contributed by atoms with Crippen molar-refractivity contribution in [2.24, 2.45) is 0 Å². The van der Waals surface area contributed by atoms with Gasteiger partial charge in [-0.05, 0) is 36.9 Å². The van der Waals surface area contributed by atoms with E-state index in [1.54, 1.807) is 12.1 Å². The molecule has 0 unspecified atom stereocenters. The number of nitrogens with zero attached hydrogens (tertiary/aromatic N) is 2. The summed E-state index contributed by atoms with van der Waals surface area (Å²) in [5, 5.41) is 10.9. The Bertz CT molecular complexity index is 1010. The van der Waals surface area contributed by atoms with Crippen LogP contribution in [0, 0.1) is 10.1 Å². The van der Waals surface area contributed by atoms with Crippen LogP contribution in [0.3, 0.4) is 0 Å². The van der Waals surface area contributed by atoms with Crippen molar-refractivity contribution in [3.8, 4) is 11.1 Å². The van der Waals surface area contributed by atoms with Crippen LogP contribution in [-0.2, 0) is 6.54 Å². The molecule has 0 bridgehead atoms. The van der Waals surface area contributed by atoms with E-state index < -0.39 is 4.92 Å². The Morgan fingerprint density at radius 2 is 1.54 bits per heavy atom. The van der Waals surface area contributed by atoms with Crippen molar-refractivity contribution in [3.05, 3.63) is 98.6 Å². The molecule has 0 radical (unpaired) electrons. The van der Waals surface area contributed by atoms with Crippen molar-refractivity contribution >= 4 is 23.1 Å². The molecule has 0 atom stereocenters. The summed E-state index contributed by atoms with van der Waals surface area (Å²) in [6.07, 6.45) is 0. The molecule has 28 heavy (non-hydrogen) atoms. The lowest BCUT2D eigenvalue weighted by Gasteiger charge is -2.10. The van der Waals surface area contributed by atoms with Gasteiger partial charge in [0.05, 0.1) is 9.95 Å². The Hall–Kier alpha value is -3.02. The number of hydrogen-bond donors (Lipinski definition) is 0. The third kappa shape index (κ3) is 4.44. The first-order valence-corrected chi connectivity index (χ1v) is 9.05. The van der Waals surface area contributed by atoms with Gasteiger partial charge in [0.2, 0.25) is 0 Å². The molecule has 0 N–H and O–H groups in total. The van der Waals surface area contributed by atoms with Gasteiger partial charge in [0, 0.05) is 29.8 Å². The Labute approximate surface area is 168 Å². The van der Waals surface area contributed by atoms with Crippen LogP contribution < -0.4 is 0 Å². The van der Waals surface area contributed by atoms with E-state index in [1.807, 2.05) is 26.2 Å². The molecule has 0 saturated carbocycles. The average Bonchev–Trinajstić information content (AvgIpc) is 2.67. The molecule has 0 aromatic heterocycles. The molecule has 0 spiro atoms. The summed E-state index contributed by atoms with van der Waals surface area (Å²) in [5.74, 6) is -0.271. The van der Waals surface area contributed by atoms with Gasteiger partial charge in [-0.15, -0.1) is 0 Å². The number of non-ortho nitro benzene ring substituents is 1. The van der Waals surface area contributed by atoms with Gasteiger partial charge in [0.25, 0.3) is 5.69 Å². The SMILES string of the molecule is CN(C)Cc1ccc(-c2ccc(C(=O)c3ccc([N+](=O)[O-])cc3Cl)cc2)cc1. The smallest absolute Gasteiger partial charge is 0.270 e. The summed E-state index contributed by atoms with van der Waals surface area (Å²) in [6.45, 7) is 0.879. The monoisotopic (exact) mass is 394 g/mol. The molecule has 6 heteroatoms. The number of hydrogen-bond acceptors (Lipinski definition) is 4. The molecule has 0 heterocycles. The first kappa shape index (κ1) is 19.7. The van der Waals surface area contributed by atoms with E-state index in [0.29, 0.717) is 5.56 Å². The van der Waals surface area contributed by atoms with Crippen LogP contribution >= 0.6 is 11.6 Å². The zero-order valence-corrected chi connectivity index (χ0v) is 16.3. The van der Waals surface area contributed by atoms with Gasteiger partial charge in [-0.2, -0.15) is 0 Å². The second-order valence-corrected chi connectivity index (χ2v) is 7.17. The van der Waals surface area contributed by atoms with Gasteiger partial charge in [-0.3, -0.25) is 14.9 Å². The fourth-order valence-electron chi connectivity index (χ4n) is 2.94. The first-order valence-electron chi connectivity index (χ1n) is 8.68. The topological polar surface area (TPSA) is 63.5 Å². The summed E-state index contributed by atoms with van der Waals surface area (Å²) in [5.41, 5.74) is 3.87. The maximum atomic E-state index is 12.7. The summed E-state index contributed by atoms with van der Waals surface area (Å²) in [4.78, 5) is 25.1. The molecule has 5 nitrogen and oxygen atoms in total. The van der Waals surface area contributed by atoms with Crippen LogP contribution in [0.25, 0.3) is 11.1 Å². The predicted molar refractivity (Wildman–Crippen MR) is 111 cm³/mol. The molecule has 0 aliphatic rings. The highest BCUT2D eigenvalue weighted by molar-refractivity contribution is 6.35. The van der Waals surface area contributed by atoms with Crippen LogP contribution in [0.2, 0.25) is 5.02 Å². The minimum atomic E-state index is -0.543. The first-order chi connectivity index (χ1) is 13.3. The maximum Gasteiger partial charge on any atom is 0.270 e. The molecule has 0 aliphatic carbocycles. The largest absolute Gasteiger partial charge is 0.305 e. The number of halogens is 1. The highest BCUT2D eigenvalue weighted by atomic mass is 35.5. The molecule has 3 aromatic carbocycles. The second-order valence-electron chi connectivity index (χ2n) is 6.76. The van der Waals surface area contributed by atoms with Crippen molar-refractivity contribution in [1.29, 1.82) is 0 Å². The van der Waals surface area contributed by atoms with Gasteiger partial charge in [0.15, 0.2) is 5.78 Å². The van der Waals surface area contributed by atoms with Crippen LogP contribution in [0.5, 0.6) is 0 Å². The Kier molecular flexibility index (Phi) is 5.87. The Balaban J connectivity index is 1.80. The molecule has 0 amide bonds. The molecule has 0 saturated heterocycles. The van der Waals surface area contributed by atoms with Gasteiger partial charge in [0.1, 0.15) is 0 Å². The minimum Gasteiger partial charge on any atom is -0.305 e. The second kappa shape index (κ2) is 8.33. The number of rotatable bonds is 6. The summed E-state index contributed by atoms with van der Waals surface area (Å²) < 4.78 is 0. The third-order valence-electron chi connectivity index (χ3n) is 4.34. The lowest BCUT2D eigenvalue weighted by molar-refractivity contribution is -0.384. The molecular weight excluding hydrogens is 376 g/mol. The summed E-state index contributed by atoms with van der Waals surface area (Å²) >= 11 is 6.07. The zero-order valence-electron chi connectivity index (χ0n) is 15.6. The normalized spacial score (nSPS) is 10.9. The number of nitro benzene ring substituents is 1. The van der Waals surface area contributed by atoms with E-state index >= 15 is 0 Å². The number of benzene rings is 3. The van der Waals surface area contributed by atoms with Crippen molar-refractivity contribution in [2.75, 3.05) is 14.1 Å². The van der Waals surface area contributed by atoms with E-state index in [1.165, 1.54) is 23.8 Å². The summed E-state index contributed by atoms with van der Waals surface area (Å²) in [6, 6.07) is 19.4. The van der Waals surface area contributed by atoms with E-state index in [0.717, 1.165) is 17.7 Å². The van der Waals surface area contributed by atoms with E-state index in [2.05, 4.69) is 29.2 Å². The molecule has 3 aromatic rings. The fourth-order valence-corrected chi connectivity index (χ4v) is 3.20. The molecule has 0 aliphatic heterocycles. The number of carbonyl (C=O) groups is 1. The average molecular weight is 395 g/mol. The van der Waals surface area contributed by atoms with Crippen LogP contribution in [-0.4, -0.2) is 29.7 Å². The standard InChI is InChI=1S/C22H19ClN2O3/c1-24(2)14-15-3-5-16(6-4-15)17-7-9-18(10-8-17)22(26)20-12-11-19(25(27)28)13-21(20)23/h3-13H,14H2,1-2H3. The minimum absolute atomic E-state index is 0.0692. The molecular formula is C22H19ClN2O3. The molecule has 142 valence electrons. The van der Waals surface area contributed by atoms with Crippen LogP contribution in [0.1, 0.15) is 21.5 Å². The maximum absolute atomic E-state index is 12.7. The van der Waals surface area contributed by atoms with Gasteiger partial charge in [-0.25, -0.2) is 0 Å². The fraction of sp³-hybridized carbons (Fsp3) is 0.136. The zero-order chi connectivity index (χ0) is 20.3. The predicted octanol–water partition coefficient (Wildman–Crippen LogP) is 5.21. The van der Waals surface area contributed by atoms with Crippen LogP contribution in [0.15, 0.2) is 66.7 Å². The van der Waals surface area contributed by atoms with Crippen molar-refractivity contribution in [3.63, 3.8) is 0 Å². The number of carbonyl (C=O) groups excluding carboxylic acids is 1. The van der Waals surface area contributed by atoms with Crippen molar-refractivity contribution in [2.45, 2.75) is 6.54 Å². The number of nitro groups is 1. The Morgan fingerprint density at radius 3 is 2.04 bits per heavy atom. The van der Waals surface area contributed by atoms with Gasteiger partial charge >= 0.3 is 0 Å². The van der Waals surface area contributed by atoms with E-state index in [9.17, 15) is 14.9 Å². The quantitative estimate of drug-likeness (QED) is 0.327. The highest BCUT2D eigenvalue weighted by Gasteiger charge is 2.16. The van der Waals surface area contributed by atoms with E-state index in [-0.39, 0.29) is 22.1 Å². The highest BCUT2D eigenvalue weighted by Crippen LogP contribution is 2.26. The van der Waals surface area contributed by atoms with Crippen molar-refractivity contribution in [1.82, 2.24) is 4.90 Å².